The molecule has 0 saturated heterocycles. The van der Waals surface area contributed by atoms with E-state index < -0.39 is 18.1 Å². The third-order valence-electron chi connectivity index (χ3n) is 4.05. The molecule has 19 heavy (non-hydrogen) atoms. The van der Waals surface area contributed by atoms with Crippen LogP contribution in [-0.2, 0) is 0 Å². The monoisotopic (exact) mass is 271 g/mol. The highest BCUT2D eigenvalue weighted by Crippen LogP contribution is 2.39. The molecule has 2 unspecified atom stereocenters. The van der Waals surface area contributed by atoms with Crippen LogP contribution in [0.2, 0.25) is 0 Å². The van der Waals surface area contributed by atoms with Crippen molar-refractivity contribution in [3.63, 3.8) is 0 Å². The Kier molecular flexibility index (Phi) is 4.07. The van der Waals surface area contributed by atoms with E-state index in [4.69, 9.17) is 0 Å². The molecule has 1 N–H and O–H groups in total. The third-order valence-corrected chi connectivity index (χ3v) is 4.05. The average molecular weight is 271 g/mol. The summed E-state index contributed by atoms with van der Waals surface area (Å²) in [5, 5.41) is 3.09. The highest BCUT2D eigenvalue weighted by atomic mass is 19.4. The smallest absolute Gasteiger partial charge is 0.382 e. The summed E-state index contributed by atoms with van der Waals surface area (Å²) in [5.41, 5.74) is 3.05. The van der Waals surface area contributed by atoms with Gasteiger partial charge in [0, 0.05) is 11.7 Å². The highest BCUT2D eigenvalue weighted by Gasteiger charge is 2.45. The Bertz CT molecular complexity index is 440. The summed E-state index contributed by atoms with van der Waals surface area (Å²) in [6.07, 6.45) is -1.72. The van der Waals surface area contributed by atoms with Crippen molar-refractivity contribution in [1.29, 1.82) is 0 Å². The Morgan fingerprint density at radius 3 is 2.37 bits per heavy atom. The van der Waals surface area contributed by atoms with Crippen LogP contribution < -0.4 is 5.32 Å². The predicted octanol–water partition coefficient (Wildman–Crippen LogP) is 4.84. The zero-order valence-corrected chi connectivity index (χ0v) is 11.3. The average Bonchev–Trinajstić information content (AvgIpc) is 2.33. The van der Waals surface area contributed by atoms with Gasteiger partial charge in [0.15, 0.2) is 0 Å². The first-order valence-electron chi connectivity index (χ1n) is 6.78. The van der Waals surface area contributed by atoms with Crippen molar-refractivity contribution in [3.05, 3.63) is 29.3 Å². The maximum atomic E-state index is 13.0. The first-order valence-corrected chi connectivity index (χ1v) is 6.78. The van der Waals surface area contributed by atoms with E-state index in [0.717, 1.165) is 23.2 Å². The van der Waals surface area contributed by atoms with Crippen LogP contribution in [-0.4, -0.2) is 12.2 Å². The number of benzene rings is 1. The molecule has 1 aromatic rings. The van der Waals surface area contributed by atoms with Gasteiger partial charge in [-0.2, -0.15) is 13.2 Å². The minimum atomic E-state index is -4.10. The van der Waals surface area contributed by atoms with Gasteiger partial charge in [0.1, 0.15) is 0 Å². The maximum absolute atomic E-state index is 13.0. The Hall–Kier alpha value is -1.19. The molecule has 0 amide bonds. The number of hydrogen-bond acceptors (Lipinski definition) is 1. The molecule has 1 nitrogen and oxygen atoms in total. The van der Waals surface area contributed by atoms with Crippen molar-refractivity contribution in [1.82, 2.24) is 0 Å². The lowest BCUT2D eigenvalue weighted by Gasteiger charge is -2.34. The molecule has 2 atom stereocenters. The van der Waals surface area contributed by atoms with Crippen molar-refractivity contribution >= 4 is 5.69 Å². The molecular weight excluding hydrogens is 251 g/mol. The SMILES string of the molecule is Cc1ccc(NC2CCCCC2C(F)(F)F)cc1C. The van der Waals surface area contributed by atoms with Crippen LogP contribution in [0.3, 0.4) is 0 Å². The topological polar surface area (TPSA) is 12.0 Å². The van der Waals surface area contributed by atoms with E-state index in [-0.39, 0.29) is 6.42 Å². The van der Waals surface area contributed by atoms with E-state index in [1.807, 2.05) is 32.0 Å². The van der Waals surface area contributed by atoms with Gasteiger partial charge < -0.3 is 5.32 Å². The first-order chi connectivity index (χ1) is 8.88. The molecule has 106 valence electrons. The summed E-state index contributed by atoms with van der Waals surface area (Å²) in [5.74, 6) is -1.22. The summed E-state index contributed by atoms with van der Waals surface area (Å²) >= 11 is 0. The van der Waals surface area contributed by atoms with Crippen molar-refractivity contribution < 1.29 is 13.2 Å². The van der Waals surface area contributed by atoms with E-state index in [1.165, 1.54) is 0 Å². The number of halogens is 3. The molecule has 1 aliphatic rings. The van der Waals surface area contributed by atoms with Gasteiger partial charge in [-0.05, 0) is 49.9 Å². The number of hydrogen-bond donors (Lipinski definition) is 1. The lowest BCUT2D eigenvalue weighted by atomic mass is 9.84. The number of rotatable bonds is 2. The zero-order valence-electron chi connectivity index (χ0n) is 11.3. The lowest BCUT2D eigenvalue weighted by molar-refractivity contribution is -0.184. The van der Waals surface area contributed by atoms with Crippen LogP contribution in [0.25, 0.3) is 0 Å². The fourth-order valence-electron chi connectivity index (χ4n) is 2.74. The van der Waals surface area contributed by atoms with Gasteiger partial charge >= 0.3 is 6.18 Å². The van der Waals surface area contributed by atoms with E-state index >= 15 is 0 Å². The van der Waals surface area contributed by atoms with Gasteiger partial charge in [-0.3, -0.25) is 0 Å². The summed E-state index contributed by atoms with van der Waals surface area (Å²) in [7, 11) is 0. The van der Waals surface area contributed by atoms with Crippen LogP contribution >= 0.6 is 0 Å². The molecule has 1 fully saturated rings. The fourth-order valence-corrected chi connectivity index (χ4v) is 2.74. The predicted molar refractivity (Wildman–Crippen MR) is 71.3 cm³/mol. The molecule has 0 aromatic heterocycles. The molecule has 2 rings (SSSR count). The molecule has 0 spiro atoms. The third kappa shape index (κ3) is 3.43. The normalized spacial score (nSPS) is 24.3. The number of anilines is 1. The Morgan fingerprint density at radius 2 is 1.74 bits per heavy atom. The molecule has 0 bridgehead atoms. The zero-order chi connectivity index (χ0) is 14.0. The number of nitrogens with one attached hydrogen (secondary N) is 1. The van der Waals surface area contributed by atoms with Crippen molar-refractivity contribution in [2.24, 2.45) is 5.92 Å². The number of aryl methyl sites for hydroxylation is 2. The largest absolute Gasteiger partial charge is 0.393 e. The molecule has 1 aliphatic carbocycles. The summed E-state index contributed by atoms with van der Waals surface area (Å²) < 4.78 is 39.0. The van der Waals surface area contributed by atoms with Gasteiger partial charge in [-0.1, -0.05) is 18.9 Å². The van der Waals surface area contributed by atoms with Crippen molar-refractivity contribution in [2.45, 2.75) is 51.7 Å². The van der Waals surface area contributed by atoms with E-state index in [1.54, 1.807) is 0 Å². The second-order valence-electron chi connectivity index (χ2n) is 5.48. The van der Waals surface area contributed by atoms with Crippen LogP contribution in [0, 0.1) is 19.8 Å². The van der Waals surface area contributed by atoms with E-state index in [2.05, 4.69) is 5.32 Å². The maximum Gasteiger partial charge on any atom is 0.393 e. The minimum absolute atomic E-state index is 0.242. The van der Waals surface area contributed by atoms with Gasteiger partial charge in [0.25, 0.3) is 0 Å². The van der Waals surface area contributed by atoms with Gasteiger partial charge in [0.2, 0.25) is 0 Å². The second kappa shape index (κ2) is 5.43. The van der Waals surface area contributed by atoms with Gasteiger partial charge in [-0.25, -0.2) is 0 Å². The van der Waals surface area contributed by atoms with Gasteiger partial charge in [0.05, 0.1) is 5.92 Å². The summed E-state index contributed by atoms with van der Waals surface area (Å²) in [4.78, 5) is 0. The standard InChI is InChI=1S/C15H20F3N/c1-10-7-8-12(9-11(10)2)19-14-6-4-3-5-13(14)15(16,17)18/h7-9,13-14,19H,3-6H2,1-2H3. The molecule has 0 aliphatic heterocycles. The lowest BCUT2D eigenvalue weighted by Crippen LogP contribution is -2.41. The molecule has 0 heterocycles. The van der Waals surface area contributed by atoms with Crippen LogP contribution in [0.4, 0.5) is 18.9 Å². The Morgan fingerprint density at radius 1 is 1.05 bits per heavy atom. The second-order valence-corrected chi connectivity index (χ2v) is 5.48. The highest BCUT2D eigenvalue weighted by molar-refractivity contribution is 5.49. The summed E-state index contributed by atoms with van der Waals surface area (Å²) in [6, 6.07) is 5.25. The first kappa shape index (κ1) is 14.2. The Labute approximate surface area is 112 Å². The quantitative estimate of drug-likeness (QED) is 0.811. The Balaban J connectivity index is 2.13. The molecule has 1 saturated carbocycles. The fraction of sp³-hybridized carbons (Fsp3) is 0.600. The van der Waals surface area contributed by atoms with Gasteiger partial charge in [-0.15, -0.1) is 0 Å². The minimum Gasteiger partial charge on any atom is -0.382 e. The van der Waals surface area contributed by atoms with Crippen molar-refractivity contribution in [3.8, 4) is 0 Å². The summed E-state index contributed by atoms with van der Waals surface area (Å²) in [6.45, 7) is 3.97. The van der Waals surface area contributed by atoms with Crippen LogP contribution in [0.1, 0.15) is 36.8 Å². The molecule has 4 heteroatoms. The number of alkyl halides is 3. The molecular formula is C15H20F3N. The molecule has 0 radical (unpaired) electrons. The molecule has 1 aromatic carbocycles. The van der Waals surface area contributed by atoms with E-state index in [9.17, 15) is 13.2 Å². The van der Waals surface area contributed by atoms with Crippen LogP contribution in [0.15, 0.2) is 18.2 Å². The van der Waals surface area contributed by atoms with Crippen molar-refractivity contribution in [2.75, 3.05) is 5.32 Å². The van der Waals surface area contributed by atoms with Crippen LogP contribution in [0.5, 0.6) is 0 Å². The van der Waals surface area contributed by atoms with E-state index in [0.29, 0.717) is 12.8 Å².